The topological polar surface area (TPSA) is 39.7 Å². The van der Waals surface area contributed by atoms with Gasteiger partial charge >= 0.3 is 0 Å². The molecule has 0 amide bonds. The fourth-order valence-electron chi connectivity index (χ4n) is 3.22. The summed E-state index contributed by atoms with van der Waals surface area (Å²) in [6.45, 7) is 6.68. The minimum atomic E-state index is 0.447. The van der Waals surface area contributed by atoms with Crippen molar-refractivity contribution in [3.05, 3.63) is 22.4 Å². The molecule has 4 nitrogen and oxygen atoms in total. The SMILES string of the molecule is CN=C(NCCCCSC)NCC(c1cccs1)N1CCC(C)CC1. The van der Waals surface area contributed by atoms with Crippen LogP contribution < -0.4 is 10.6 Å². The van der Waals surface area contributed by atoms with Gasteiger partial charge in [0.25, 0.3) is 0 Å². The number of likely N-dealkylation sites (tertiary alicyclic amines) is 1. The molecule has 142 valence electrons. The van der Waals surface area contributed by atoms with E-state index in [9.17, 15) is 0 Å². The van der Waals surface area contributed by atoms with Gasteiger partial charge < -0.3 is 10.6 Å². The predicted molar refractivity (Wildman–Crippen MR) is 114 cm³/mol. The Morgan fingerprint density at radius 2 is 2.16 bits per heavy atom. The van der Waals surface area contributed by atoms with Gasteiger partial charge in [0.2, 0.25) is 0 Å². The Labute approximate surface area is 161 Å². The van der Waals surface area contributed by atoms with Crippen LogP contribution >= 0.6 is 23.1 Å². The van der Waals surface area contributed by atoms with Crippen molar-refractivity contribution in [3.8, 4) is 0 Å². The van der Waals surface area contributed by atoms with Gasteiger partial charge in [-0.25, -0.2) is 0 Å². The fraction of sp³-hybridized carbons (Fsp3) is 0.737. The lowest BCUT2D eigenvalue weighted by Crippen LogP contribution is -2.45. The summed E-state index contributed by atoms with van der Waals surface area (Å²) in [6.07, 6.45) is 7.24. The Bertz CT molecular complexity index is 482. The van der Waals surface area contributed by atoms with Crippen molar-refractivity contribution in [2.24, 2.45) is 10.9 Å². The van der Waals surface area contributed by atoms with Gasteiger partial charge in [0, 0.05) is 25.0 Å². The number of nitrogens with zero attached hydrogens (tertiary/aromatic N) is 2. The standard InChI is InChI=1S/C19H34N4S2/c1-16-8-11-23(12-9-16)17(18-7-6-14-25-18)15-22-19(20-2)21-10-4-5-13-24-3/h6-7,14,16-17H,4-5,8-13,15H2,1-3H3,(H2,20,21,22). The van der Waals surface area contributed by atoms with Crippen LogP contribution in [0.5, 0.6) is 0 Å². The molecule has 2 N–H and O–H groups in total. The number of hydrogen-bond donors (Lipinski definition) is 2. The molecule has 1 saturated heterocycles. The van der Waals surface area contributed by atoms with E-state index in [-0.39, 0.29) is 0 Å². The maximum Gasteiger partial charge on any atom is 0.191 e. The molecule has 1 aromatic rings. The number of hydrogen-bond acceptors (Lipinski definition) is 4. The van der Waals surface area contributed by atoms with Crippen LogP contribution in [0.4, 0.5) is 0 Å². The smallest absolute Gasteiger partial charge is 0.191 e. The molecule has 6 heteroatoms. The molecule has 0 aliphatic carbocycles. The molecule has 2 heterocycles. The van der Waals surface area contributed by atoms with Gasteiger partial charge in [-0.3, -0.25) is 9.89 Å². The molecule has 1 fully saturated rings. The van der Waals surface area contributed by atoms with Crippen molar-refractivity contribution < 1.29 is 0 Å². The Morgan fingerprint density at radius 3 is 2.80 bits per heavy atom. The molecule has 0 bridgehead atoms. The number of aliphatic imine (C=N–C) groups is 1. The molecular formula is C19H34N4S2. The number of nitrogens with one attached hydrogen (secondary N) is 2. The largest absolute Gasteiger partial charge is 0.356 e. The van der Waals surface area contributed by atoms with E-state index in [1.165, 1.54) is 49.4 Å². The van der Waals surface area contributed by atoms with Crippen molar-refractivity contribution in [2.75, 3.05) is 45.2 Å². The van der Waals surface area contributed by atoms with Crippen molar-refractivity contribution in [1.82, 2.24) is 15.5 Å². The van der Waals surface area contributed by atoms with E-state index in [1.54, 1.807) is 0 Å². The summed E-state index contributed by atoms with van der Waals surface area (Å²) in [7, 11) is 1.86. The number of rotatable bonds is 9. The van der Waals surface area contributed by atoms with Gasteiger partial charge in [0.05, 0.1) is 6.04 Å². The van der Waals surface area contributed by atoms with Gasteiger partial charge in [0.1, 0.15) is 0 Å². The lowest BCUT2D eigenvalue weighted by molar-refractivity contribution is 0.140. The third-order valence-corrected chi connectivity index (χ3v) is 6.56. The normalized spacial score (nSPS) is 18.3. The van der Waals surface area contributed by atoms with E-state index in [0.717, 1.165) is 25.0 Å². The predicted octanol–water partition coefficient (Wildman–Crippen LogP) is 3.83. The molecular weight excluding hydrogens is 348 g/mol. The average molecular weight is 383 g/mol. The van der Waals surface area contributed by atoms with Crippen molar-refractivity contribution in [2.45, 2.75) is 38.6 Å². The highest BCUT2D eigenvalue weighted by molar-refractivity contribution is 7.98. The zero-order chi connectivity index (χ0) is 17.9. The van der Waals surface area contributed by atoms with Gasteiger partial charge in [-0.15, -0.1) is 11.3 Å². The monoisotopic (exact) mass is 382 g/mol. The van der Waals surface area contributed by atoms with E-state index < -0.39 is 0 Å². The highest BCUT2D eigenvalue weighted by atomic mass is 32.2. The van der Waals surface area contributed by atoms with E-state index in [4.69, 9.17) is 0 Å². The molecule has 0 saturated carbocycles. The molecule has 1 atom stereocenters. The maximum atomic E-state index is 4.39. The van der Waals surface area contributed by atoms with Crippen molar-refractivity contribution >= 4 is 29.1 Å². The number of thiophene rings is 1. The second-order valence-corrected chi connectivity index (χ2v) is 8.79. The number of piperidine rings is 1. The average Bonchev–Trinajstić information content (AvgIpc) is 3.15. The summed E-state index contributed by atoms with van der Waals surface area (Å²) in [5.41, 5.74) is 0. The second-order valence-electron chi connectivity index (χ2n) is 6.83. The highest BCUT2D eigenvalue weighted by Gasteiger charge is 2.25. The Morgan fingerprint density at radius 1 is 1.36 bits per heavy atom. The minimum absolute atomic E-state index is 0.447. The first-order chi connectivity index (χ1) is 12.2. The van der Waals surface area contributed by atoms with E-state index in [1.807, 2.05) is 30.1 Å². The molecule has 1 aromatic heterocycles. The van der Waals surface area contributed by atoms with Crippen LogP contribution in [-0.4, -0.2) is 56.1 Å². The first kappa shape index (κ1) is 20.6. The lowest BCUT2D eigenvalue weighted by Gasteiger charge is -2.36. The minimum Gasteiger partial charge on any atom is -0.356 e. The summed E-state index contributed by atoms with van der Waals surface area (Å²) >= 11 is 3.78. The third kappa shape index (κ3) is 7.19. The van der Waals surface area contributed by atoms with Crippen LogP contribution in [0.3, 0.4) is 0 Å². The van der Waals surface area contributed by atoms with E-state index in [0.29, 0.717) is 6.04 Å². The summed E-state index contributed by atoms with van der Waals surface area (Å²) in [6, 6.07) is 4.88. The maximum absolute atomic E-state index is 4.39. The van der Waals surface area contributed by atoms with Crippen LogP contribution in [0.2, 0.25) is 0 Å². The lowest BCUT2D eigenvalue weighted by atomic mass is 9.97. The molecule has 1 aliphatic rings. The van der Waals surface area contributed by atoms with Gasteiger partial charge in [-0.05, 0) is 68.1 Å². The quantitative estimate of drug-likeness (QED) is 0.387. The van der Waals surface area contributed by atoms with Gasteiger partial charge in [0.15, 0.2) is 5.96 Å². The molecule has 0 aromatic carbocycles. The van der Waals surface area contributed by atoms with Crippen molar-refractivity contribution in [1.29, 1.82) is 0 Å². The Hall–Kier alpha value is -0.720. The zero-order valence-electron chi connectivity index (χ0n) is 16.0. The molecule has 1 aliphatic heterocycles. The first-order valence-corrected chi connectivity index (χ1v) is 11.7. The van der Waals surface area contributed by atoms with Crippen LogP contribution in [0.25, 0.3) is 0 Å². The van der Waals surface area contributed by atoms with Crippen LogP contribution in [0.1, 0.15) is 43.5 Å². The second kappa shape index (κ2) is 11.8. The summed E-state index contributed by atoms with van der Waals surface area (Å²) in [4.78, 5) is 8.49. The van der Waals surface area contributed by atoms with E-state index >= 15 is 0 Å². The zero-order valence-corrected chi connectivity index (χ0v) is 17.6. The highest BCUT2D eigenvalue weighted by Crippen LogP contribution is 2.28. The molecule has 2 rings (SSSR count). The summed E-state index contributed by atoms with van der Waals surface area (Å²) in [5.74, 6) is 3.03. The fourth-order valence-corrected chi connectivity index (χ4v) is 4.58. The summed E-state index contributed by atoms with van der Waals surface area (Å²) < 4.78 is 0. The molecule has 0 spiro atoms. The van der Waals surface area contributed by atoms with Gasteiger partial charge in [-0.2, -0.15) is 11.8 Å². The van der Waals surface area contributed by atoms with E-state index in [2.05, 4.69) is 51.2 Å². The number of thioether (sulfide) groups is 1. The van der Waals surface area contributed by atoms with Crippen LogP contribution in [-0.2, 0) is 0 Å². The molecule has 1 unspecified atom stereocenters. The van der Waals surface area contributed by atoms with Crippen LogP contribution in [0, 0.1) is 5.92 Å². The van der Waals surface area contributed by atoms with Crippen LogP contribution in [0.15, 0.2) is 22.5 Å². The number of guanidine groups is 1. The third-order valence-electron chi connectivity index (χ3n) is 4.88. The Balaban J connectivity index is 1.84. The molecule has 0 radical (unpaired) electrons. The number of unbranched alkanes of at least 4 members (excludes halogenated alkanes) is 1. The summed E-state index contributed by atoms with van der Waals surface area (Å²) in [5, 5.41) is 9.20. The van der Waals surface area contributed by atoms with Crippen molar-refractivity contribution in [3.63, 3.8) is 0 Å². The molecule has 25 heavy (non-hydrogen) atoms. The van der Waals surface area contributed by atoms with Gasteiger partial charge in [-0.1, -0.05) is 13.0 Å². The first-order valence-electron chi connectivity index (χ1n) is 9.45. The Kier molecular flexibility index (Phi) is 9.73.